The summed E-state index contributed by atoms with van der Waals surface area (Å²) >= 11 is 0. The number of benzene rings is 2. The smallest absolute Gasteiger partial charge is 0.138 e. The summed E-state index contributed by atoms with van der Waals surface area (Å²) in [5, 5.41) is 9.97. The molecule has 0 saturated heterocycles. The maximum Gasteiger partial charge on any atom is 0.138 e. The molecule has 1 atom stereocenters. The van der Waals surface area contributed by atoms with Crippen molar-refractivity contribution in [1.29, 1.82) is 0 Å². The van der Waals surface area contributed by atoms with Gasteiger partial charge in [0.25, 0.3) is 0 Å². The fourth-order valence-corrected chi connectivity index (χ4v) is 2.84. The number of aliphatic hydroxyl groups excluding tert-OH is 1. The second kappa shape index (κ2) is 7.49. The van der Waals surface area contributed by atoms with Gasteiger partial charge in [-0.1, -0.05) is 29.8 Å². The predicted octanol–water partition coefficient (Wildman–Crippen LogP) is 4.26. The van der Waals surface area contributed by atoms with Crippen LogP contribution in [-0.2, 0) is 6.54 Å². The van der Waals surface area contributed by atoms with E-state index in [2.05, 4.69) is 34.7 Å². The van der Waals surface area contributed by atoms with E-state index in [9.17, 15) is 5.11 Å². The number of imidazole rings is 1. The number of ether oxygens (including phenoxy) is 1. The molecule has 4 heteroatoms. The lowest BCUT2D eigenvalue weighted by atomic mass is 10.2. The Morgan fingerprint density at radius 1 is 1.08 bits per heavy atom. The first kappa shape index (κ1) is 16.5. The molecule has 2 aromatic carbocycles. The molecule has 1 heterocycles. The van der Waals surface area contributed by atoms with E-state index < -0.39 is 6.10 Å². The molecule has 0 unspecified atom stereocenters. The van der Waals surface area contributed by atoms with Crippen LogP contribution in [0.4, 0.5) is 0 Å². The van der Waals surface area contributed by atoms with Crippen LogP contribution in [0.1, 0.15) is 37.3 Å². The zero-order chi connectivity index (χ0) is 16.9. The van der Waals surface area contributed by atoms with E-state index in [1.807, 2.05) is 30.3 Å². The lowest BCUT2D eigenvalue weighted by Crippen LogP contribution is -2.08. The minimum absolute atomic E-state index is 0.568. The maximum atomic E-state index is 9.97. The van der Waals surface area contributed by atoms with Crippen LogP contribution in [0.3, 0.4) is 0 Å². The highest BCUT2D eigenvalue weighted by Gasteiger charge is 2.13. The molecule has 0 amide bonds. The van der Waals surface area contributed by atoms with Crippen molar-refractivity contribution >= 4 is 11.0 Å². The van der Waals surface area contributed by atoms with Gasteiger partial charge in [0.05, 0.1) is 17.6 Å². The zero-order valence-corrected chi connectivity index (χ0v) is 14.3. The summed E-state index contributed by atoms with van der Waals surface area (Å²) in [6.45, 7) is 5.36. The summed E-state index contributed by atoms with van der Waals surface area (Å²) in [6.07, 6.45) is 1.37. The van der Waals surface area contributed by atoms with Crippen LogP contribution in [0.5, 0.6) is 5.75 Å². The molecule has 1 aromatic heterocycles. The molecule has 0 spiro atoms. The normalized spacial score (nSPS) is 12.5. The molecule has 4 nitrogen and oxygen atoms in total. The van der Waals surface area contributed by atoms with Crippen molar-refractivity contribution in [2.45, 2.75) is 39.3 Å². The Morgan fingerprint density at radius 3 is 2.58 bits per heavy atom. The summed E-state index contributed by atoms with van der Waals surface area (Å²) < 4.78 is 7.89. The summed E-state index contributed by atoms with van der Waals surface area (Å²) in [5.41, 5.74) is 3.25. The van der Waals surface area contributed by atoms with Gasteiger partial charge in [-0.3, -0.25) is 0 Å². The molecule has 3 aromatic rings. The van der Waals surface area contributed by atoms with Gasteiger partial charge in [-0.2, -0.15) is 0 Å². The lowest BCUT2D eigenvalue weighted by Gasteiger charge is -2.11. The van der Waals surface area contributed by atoms with Crippen LogP contribution in [0.25, 0.3) is 11.0 Å². The first-order chi connectivity index (χ1) is 11.6. The third-order valence-corrected chi connectivity index (χ3v) is 4.12. The van der Waals surface area contributed by atoms with Crippen LogP contribution >= 0.6 is 0 Å². The standard InChI is InChI=1S/C20H24N2O2/c1-15-9-11-17(12-10-15)24-14-6-5-13-22-19-8-4-3-7-18(19)21-20(22)16(2)23/h3-4,7-12,16,23H,5-6,13-14H2,1-2H3/t16-/m1/s1. The van der Waals surface area contributed by atoms with Gasteiger partial charge >= 0.3 is 0 Å². The van der Waals surface area contributed by atoms with Crippen molar-refractivity contribution in [3.8, 4) is 5.75 Å². The first-order valence-electron chi connectivity index (χ1n) is 8.48. The largest absolute Gasteiger partial charge is 0.494 e. The van der Waals surface area contributed by atoms with Gasteiger partial charge in [0, 0.05) is 6.54 Å². The van der Waals surface area contributed by atoms with Crippen LogP contribution < -0.4 is 4.74 Å². The summed E-state index contributed by atoms with van der Waals surface area (Å²) in [7, 11) is 0. The first-order valence-corrected chi connectivity index (χ1v) is 8.48. The molecule has 0 bridgehead atoms. The molecule has 1 N–H and O–H groups in total. The highest BCUT2D eigenvalue weighted by atomic mass is 16.5. The Labute approximate surface area is 142 Å². The quantitative estimate of drug-likeness (QED) is 0.661. The number of hydrogen-bond acceptors (Lipinski definition) is 3. The molecular formula is C20H24N2O2. The molecule has 0 fully saturated rings. The molecule has 126 valence electrons. The van der Waals surface area contributed by atoms with E-state index in [4.69, 9.17) is 4.74 Å². The van der Waals surface area contributed by atoms with Crippen LogP contribution in [0.15, 0.2) is 48.5 Å². The SMILES string of the molecule is Cc1ccc(OCCCCn2c([C@@H](C)O)nc3ccccc32)cc1. The third-order valence-electron chi connectivity index (χ3n) is 4.12. The number of rotatable bonds is 7. The molecule has 0 aliphatic heterocycles. The number of unbranched alkanes of at least 4 members (excludes halogenated alkanes) is 1. The van der Waals surface area contributed by atoms with E-state index in [1.54, 1.807) is 6.92 Å². The number of para-hydroxylation sites is 2. The lowest BCUT2D eigenvalue weighted by molar-refractivity contribution is 0.184. The van der Waals surface area contributed by atoms with E-state index >= 15 is 0 Å². The molecular weight excluding hydrogens is 300 g/mol. The van der Waals surface area contributed by atoms with Gasteiger partial charge in [0.1, 0.15) is 17.7 Å². The van der Waals surface area contributed by atoms with E-state index in [-0.39, 0.29) is 0 Å². The van der Waals surface area contributed by atoms with Gasteiger partial charge < -0.3 is 14.4 Å². The fourth-order valence-electron chi connectivity index (χ4n) is 2.84. The van der Waals surface area contributed by atoms with Crippen LogP contribution in [0, 0.1) is 6.92 Å². The summed E-state index contributed by atoms with van der Waals surface area (Å²) in [4.78, 5) is 4.55. The third kappa shape index (κ3) is 3.77. The van der Waals surface area contributed by atoms with Crippen molar-refractivity contribution in [2.75, 3.05) is 6.61 Å². The highest BCUT2D eigenvalue weighted by Crippen LogP contribution is 2.21. The monoisotopic (exact) mass is 324 g/mol. The Bertz CT molecular complexity index is 791. The Hall–Kier alpha value is -2.33. The topological polar surface area (TPSA) is 47.3 Å². The average molecular weight is 324 g/mol. The predicted molar refractivity (Wildman–Crippen MR) is 96.3 cm³/mol. The van der Waals surface area contributed by atoms with Gasteiger partial charge in [-0.15, -0.1) is 0 Å². The molecule has 0 aliphatic rings. The maximum absolute atomic E-state index is 9.97. The fraction of sp³-hybridized carbons (Fsp3) is 0.350. The van der Waals surface area contributed by atoms with Crippen molar-refractivity contribution in [3.63, 3.8) is 0 Å². The van der Waals surface area contributed by atoms with Crippen LogP contribution in [0.2, 0.25) is 0 Å². The van der Waals surface area contributed by atoms with Crippen molar-refractivity contribution < 1.29 is 9.84 Å². The zero-order valence-electron chi connectivity index (χ0n) is 14.3. The highest BCUT2D eigenvalue weighted by molar-refractivity contribution is 5.75. The van der Waals surface area contributed by atoms with Gasteiger partial charge in [-0.25, -0.2) is 4.98 Å². The Morgan fingerprint density at radius 2 is 1.83 bits per heavy atom. The number of aryl methyl sites for hydroxylation is 2. The second-order valence-electron chi connectivity index (χ2n) is 6.15. The summed E-state index contributed by atoms with van der Waals surface area (Å²) in [5.74, 6) is 1.65. The number of hydrogen-bond donors (Lipinski definition) is 1. The number of aliphatic hydroxyl groups is 1. The molecule has 0 radical (unpaired) electrons. The van der Waals surface area contributed by atoms with Crippen molar-refractivity contribution in [2.24, 2.45) is 0 Å². The molecule has 0 aliphatic carbocycles. The van der Waals surface area contributed by atoms with E-state index in [0.29, 0.717) is 6.61 Å². The Kier molecular flexibility index (Phi) is 5.16. The van der Waals surface area contributed by atoms with Crippen molar-refractivity contribution in [1.82, 2.24) is 9.55 Å². The number of fused-ring (bicyclic) bond motifs is 1. The number of nitrogens with zero attached hydrogens (tertiary/aromatic N) is 2. The van der Waals surface area contributed by atoms with Crippen molar-refractivity contribution in [3.05, 3.63) is 59.9 Å². The summed E-state index contributed by atoms with van der Waals surface area (Å²) in [6, 6.07) is 16.1. The minimum atomic E-state index is -0.568. The van der Waals surface area contributed by atoms with E-state index in [1.165, 1.54) is 5.56 Å². The van der Waals surface area contributed by atoms with Crippen LogP contribution in [-0.4, -0.2) is 21.3 Å². The Balaban J connectivity index is 1.57. The molecule has 0 saturated carbocycles. The van der Waals surface area contributed by atoms with Gasteiger partial charge in [-0.05, 0) is 51.0 Å². The van der Waals surface area contributed by atoms with Gasteiger partial charge in [0.15, 0.2) is 0 Å². The van der Waals surface area contributed by atoms with Gasteiger partial charge in [0.2, 0.25) is 0 Å². The minimum Gasteiger partial charge on any atom is -0.494 e. The second-order valence-corrected chi connectivity index (χ2v) is 6.15. The number of aromatic nitrogens is 2. The van der Waals surface area contributed by atoms with E-state index in [0.717, 1.165) is 42.0 Å². The molecule has 3 rings (SSSR count). The average Bonchev–Trinajstić information content (AvgIpc) is 2.95. The molecule has 24 heavy (non-hydrogen) atoms.